The Labute approximate surface area is 164 Å². The summed E-state index contributed by atoms with van der Waals surface area (Å²) in [5, 5.41) is 2.88. The van der Waals surface area contributed by atoms with Gasteiger partial charge in [0.2, 0.25) is 0 Å². The third kappa shape index (κ3) is 7.79. The maximum Gasteiger partial charge on any atom is 0.412 e. The Hall–Kier alpha value is -1.75. The number of rotatable bonds is 10. The highest BCUT2D eigenvalue weighted by Gasteiger charge is 2.28. The summed E-state index contributed by atoms with van der Waals surface area (Å²) in [5.74, 6) is 1.11. The van der Waals surface area contributed by atoms with Gasteiger partial charge >= 0.3 is 6.09 Å². The largest absolute Gasteiger partial charge is 0.491 e. The Kier molecular flexibility index (Phi) is 9.46. The van der Waals surface area contributed by atoms with Crippen LogP contribution in [0.25, 0.3) is 0 Å². The molecule has 1 amide bonds. The number of nitrogens with one attached hydrogen (secondary N) is 1. The van der Waals surface area contributed by atoms with Gasteiger partial charge in [-0.1, -0.05) is 44.7 Å². The normalized spacial score (nSPS) is 19.7. The van der Waals surface area contributed by atoms with Crippen molar-refractivity contribution in [2.45, 2.75) is 64.4 Å². The van der Waals surface area contributed by atoms with E-state index in [0.29, 0.717) is 24.0 Å². The van der Waals surface area contributed by atoms with E-state index in [2.05, 4.69) is 31.2 Å². The second-order valence-electron chi connectivity index (χ2n) is 7.78. The van der Waals surface area contributed by atoms with Gasteiger partial charge in [0.05, 0.1) is 12.3 Å². The first-order valence-electron chi connectivity index (χ1n) is 10.4. The van der Waals surface area contributed by atoms with Gasteiger partial charge in [0, 0.05) is 12.5 Å². The second-order valence-corrected chi connectivity index (χ2v) is 7.78. The molecule has 2 rings (SSSR count). The highest BCUT2D eigenvalue weighted by atomic mass is 16.6. The van der Waals surface area contributed by atoms with Crippen LogP contribution in [0.2, 0.25) is 0 Å². The van der Waals surface area contributed by atoms with Crippen molar-refractivity contribution < 1.29 is 14.3 Å². The minimum absolute atomic E-state index is 0.0109. The number of unbranched alkanes of at least 4 members (excludes halogenated alkanes) is 3. The SMILES string of the molecule is CCCCCCOc1ccccc1NC(=O)O[C@@H]1CCCC[C@@H]1CN(C)C. The fraction of sp³-hybridized carbons (Fsp3) is 0.682. The molecular weight excluding hydrogens is 340 g/mol. The molecule has 152 valence electrons. The fourth-order valence-electron chi connectivity index (χ4n) is 3.69. The molecule has 0 spiro atoms. The molecule has 0 bridgehead atoms. The molecule has 0 aliphatic heterocycles. The number of amides is 1. The van der Waals surface area contributed by atoms with Crippen LogP contribution in [-0.4, -0.2) is 44.3 Å². The number of para-hydroxylation sites is 2. The van der Waals surface area contributed by atoms with Gasteiger partial charge < -0.3 is 14.4 Å². The van der Waals surface area contributed by atoms with Crippen LogP contribution in [0.15, 0.2) is 24.3 Å². The fourth-order valence-corrected chi connectivity index (χ4v) is 3.69. The summed E-state index contributed by atoms with van der Waals surface area (Å²) in [6.45, 7) is 3.82. The van der Waals surface area contributed by atoms with Crippen LogP contribution in [0.4, 0.5) is 10.5 Å². The van der Waals surface area contributed by atoms with E-state index in [4.69, 9.17) is 9.47 Å². The zero-order valence-corrected chi connectivity index (χ0v) is 17.2. The van der Waals surface area contributed by atoms with Gasteiger partial charge in [-0.2, -0.15) is 0 Å². The molecule has 0 radical (unpaired) electrons. The van der Waals surface area contributed by atoms with E-state index in [1.54, 1.807) is 0 Å². The van der Waals surface area contributed by atoms with Gasteiger partial charge in [-0.3, -0.25) is 5.32 Å². The third-order valence-corrected chi connectivity index (χ3v) is 5.08. The predicted molar refractivity (Wildman–Crippen MR) is 110 cm³/mol. The maximum atomic E-state index is 12.5. The standard InChI is InChI=1S/C22H36N2O3/c1-4-5-6-11-16-26-21-15-10-8-13-19(21)23-22(25)27-20-14-9-7-12-18(20)17-24(2)3/h8,10,13,15,18,20H,4-7,9,11-12,14,16-17H2,1-3H3,(H,23,25)/t18-,20-/m1/s1. The number of benzene rings is 1. The van der Waals surface area contributed by atoms with Gasteiger partial charge in [-0.25, -0.2) is 4.79 Å². The van der Waals surface area contributed by atoms with Gasteiger partial charge in [0.15, 0.2) is 0 Å². The van der Waals surface area contributed by atoms with Crippen molar-refractivity contribution in [1.29, 1.82) is 0 Å². The Balaban J connectivity index is 1.87. The number of carbonyl (C=O) groups is 1. The van der Waals surface area contributed by atoms with Crippen molar-refractivity contribution in [3.63, 3.8) is 0 Å². The summed E-state index contributed by atoms with van der Waals surface area (Å²) in [5.41, 5.74) is 0.679. The van der Waals surface area contributed by atoms with E-state index in [1.165, 1.54) is 25.7 Å². The van der Waals surface area contributed by atoms with Crippen LogP contribution < -0.4 is 10.1 Å². The van der Waals surface area contributed by atoms with E-state index in [0.717, 1.165) is 32.2 Å². The summed E-state index contributed by atoms with van der Waals surface area (Å²) in [7, 11) is 4.14. The summed E-state index contributed by atoms with van der Waals surface area (Å²) in [6, 6.07) is 7.58. The quantitative estimate of drug-likeness (QED) is 0.562. The maximum absolute atomic E-state index is 12.5. The van der Waals surface area contributed by atoms with Crippen molar-refractivity contribution in [1.82, 2.24) is 4.90 Å². The zero-order valence-electron chi connectivity index (χ0n) is 17.2. The molecular formula is C22H36N2O3. The van der Waals surface area contributed by atoms with Crippen LogP contribution in [0.5, 0.6) is 5.75 Å². The summed E-state index contributed by atoms with van der Waals surface area (Å²) in [4.78, 5) is 14.6. The molecule has 5 nitrogen and oxygen atoms in total. The van der Waals surface area contributed by atoms with Crippen LogP contribution in [0.1, 0.15) is 58.3 Å². The molecule has 2 atom stereocenters. The first-order chi connectivity index (χ1) is 13.1. The van der Waals surface area contributed by atoms with Gasteiger partial charge in [0.1, 0.15) is 11.9 Å². The lowest BCUT2D eigenvalue weighted by Gasteiger charge is -2.32. The van der Waals surface area contributed by atoms with Crippen molar-refractivity contribution in [3.8, 4) is 5.75 Å². The van der Waals surface area contributed by atoms with Crippen LogP contribution in [0.3, 0.4) is 0 Å². The topological polar surface area (TPSA) is 50.8 Å². The molecule has 1 aromatic rings. The number of hydrogen-bond donors (Lipinski definition) is 1. The minimum atomic E-state index is -0.382. The summed E-state index contributed by atoms with van der Waals surface area (Å²) in [6.07, 6.45) is 8.65. The third-order valence-electron chi connectivity index (χ3n) is 5.08. The summed E-state index contributed by atoms with van der Waals surface area (Å²) >= 11 is 0. The number of hydrogen-bond acceptors (Lipinski definition) is 4. The molecule has 1 aromatic carbocycles. The van der Waals surface area contributed by atoms with Gasteiger partial charge in [0.25, 0.3) is 0 Å². The molecule has 1 saturated carbocycles. The molecule has 5 heteroatoms. The molecule has 1 aliphatic carbocycles. The molecule has 0 saturated heterocycles. The lowest BCUT2D eigenvalue weighted by Crippen LogP contribution is -2.37. The van der Waals surface area contributed by atoms with E-state index < -0.39 is 0 Å². The second kappa shape index (κ2) is 11.9. The molecule has 27 heavy (non-hydrogen) atoms. The highest BCUT2D eigenvalue weighted by molar-refractivity contribution is 5.86. The highest BCUT2D eigenvalue weighted by Crippen LogP contribution is 2.29. The number of anilines is 1. The predicted octanol–water partition coefficient (Wildman–Crippen LogP) is 5.31. The number of nitrogens with zero attached hydrogens (tertiary/aromatic N) is 1. The number of ether oxygens (including phenoxy) is 2. The van der Waals surface area contributed by atoms with E-state index >= 15 is 0 Å². The Morgan fingerprint density at radius 2 is 1.93 bits per heavy atom. The first-order valence-corrected chi connectivity index (χ1v) is 10.4. The van der Waals surface area contributed by atoms with Crippen LogP contribution in [-0.2, 0) is 4.74 Å². The van der Waals surface area contributed by atoms with Crippen molar-refractivity contribution >= 4 is 11.8 Å². The average Bonchev–Trinajstić information content (AvgIpc) is 2.64. The molecule has 1 aliphatic rings. The Morgan fingerprint density at radius 1 is 1.15 bits per heavy atom. The Morgan fingerprint density at radius 3 is 2.70 bits per heavy atom. The van der Waals surface area contributed by atoms with Crippen molar-refractivity contribution in [2.24, 2.45) is 5.92 Å². The number of carbonyl (C=O) groups excluding carboxylic acids is 1. The monoisotopic (exact) mass is 376 g/mol. The molecule has 1 fully saturated rings. The molecule has 0 unspecified atom stereocenters. The smallest absolute Gasteiger partial charge is 0.412 e. The van der Waals surface area contributed by atoms with Crippen molar-refractivity contribution in [3.05, 3.63) is 24.3 Å². The zero-order chi connectivity index (χ0) is 19.5. The lowest BCUT2D eigenvalue weighted by atomic mass is 9.86. The van der Waals surface area contributed by atoms with Crippen LogP contribution >= 0.6 is 0 Å². The van der Waals surface area contributed by atoms with E-state index in [1.807, 2.05) is 24.3 Å². The minimum Gasteiger partial charge on any atom is -0.491 e. The first kappa shape index (κ1) is 21.5. The van der Waals surface area contributed by atoms with Crippen molar-refractivity contribution in [2.75, 3.05) is 32.6 Å². The lowest BCUT2D eigenvalue weighted by molar-refractivity contribution is 0.0357. The molecule has 1 N–H and O–H groups in total. The Bertz CT molecular complexity index is 562. The average molecular weight is 377 g/mol. The summed E-state index contributed by atoms with van der Waals surface area (Å²) < 4.78 is 11.7. The van der Waals surface area contributed by atoms with E-state index in [-0.39, 0.29) is 12.2 Å². The van der Waals surface area contributed by atoms with Gasteiger partial charge in [-0.15, -0.1) is 0 Å². The molecule has 0 aromatic heterocycles. The van der Waals surface area contributed by atoms with Gasteiger partial charge in [-0.05, 0) is 51.9 Å². The molecule has 0 heterocycles. The van der Waals surface area contributed by atoms with Crippen LogP contribution in [0, 0.1) is 5.92 Å². The van der Waals surface area contributed by atoms with E-state index in [9.17, 15) is 4.79 Å².